The molecular weight excluding hydrogens is 236 g/mol. The van der Waals surface area contributed by atoms with Crippen molar-refractivity contribution in [3.05, 3.63) is 29.8 Å². The first-order valence-electron chi connectivity index (χ1n) is 7.47. The topological polar surface area (TPSA) is 24.5 Å². The number of anilines is 1. The lowest BCUT2D eigenvalue weighted by molar-refractivity contribution is 0.0305. The molecule has 3 nitrogen and oxygen atoms in total. The molecule has 0 aromatic heterocycles. The van der Waals surface area contributed by atoms with Gasteiger partial charge in [-0.1, -0.05) is 19.1 Å². The SMILES string of the molecule is CCC(NC)c1ccc(N2CC3CCC(C2)O3)cc1. The largest absolute Gasteiger partial charge is 0.371 e. The van der Waals surface area contributed by atoms with Crippen LogP contribution in [0.3, 0.4) is 0 Å². The summed E-state index contributed by atoms with van der Waals surface area (Å²) in [6.07, 6.45) is 4.50. The van der Waals surface area contributed by atoms with E-state index in [1.165, 1.54) is 24.1 Å². The fourth-order valence-electron chi connectivity index (χ4n) is 3.35. The number of morpholine rings is 1. The molecule has 2 bridgehead atoms. The summed E-state index contributed by atoms with van der Waals surface area (Å²) in [4.78, 5) is 2.48. The van der Waals surface area contributed by atoms with Crippen LogP contribution >= 0.6 is 0 Å². The third kappa shape index (κ3) is 2.63. The van der Waals surface area contributed by atoms with Gasteiger partial charge in [-0.3, -0.25) is 0 Å². The van der Waals surface area contributed by atoms with Gasteiger partial charge in [-0.15, -0.1) is 0 Å². The fraction of sp³-hybridized carbons (Fsp3) is 0.625. The van der Waals surface area contributed by atoms with Crippen LogP contribution in [0.2, 0.25) is 0 Å². The van der Waals surface area contributed by atoms with Crippen LogP contribution in [0.4, 0.5) is 5.69 Å². The maximum atomic E-state index is 5.89. The zero-order chi connectivity index (χ0) is 13.2. The summed E-state index contributed by atoms with van der Waals surface area (Å²) >= 11 is 0. The van der Waals surface area contributed by atoms with Gasteiger partial charge in [0.25, 0.3) is 0 Å². The maximum absolute atomic E-state index is 5.89. The molecule has 1 N–H and O–H groups in total. The molecule has 19 heavy (non-hydrogen) atoms. The summed E-state index contributed by atoms with van der Waals surface area (Å²) in [5.41, 5.74) is 2.72. The third-order valence-corrected chi connectivity index (χ3v) is 4.46. The van der Waals surface area contributed by atoms with Crippen LogP contribution in [0.5, 0.6) is 0 Å². The molecule has 2 fully saturated rings. The van der Waals surface area contributed by atoms with Gasteiger partial charge in [0.1, 0.15) is 0 Å². The van der Waals surface area contributed by atoms with Crippen LogP contribution in [0.1, 0.15) is 37.8 Å². The second kappa shape index (κ2) is 5.51. The minimum Gasteiger partial charge on any atom is -0.371 e. The Bertz CT molecular complexity index is 401. The summed E-state index contributed by atoms with van der Waals surface area (Å²) in [5.74, 6) is 0. The van der Waals surface area contributed by atoms with E-state index in [1.54, 1.807) is 0 Å². The lowest BCUT2D eigenvalue weighted by atomic mass is 10.0. The number of ether oxygens (including phenoxy) is 1. The molecule has 0 amide bonds. The minimum atomic E-state index is 0.458. The first-order chi connectivity index (χ1) is 9.30. The van der Waals surface area contributed by atoms with E-state index in [0.717, 1.165) is 19.5 Å². The maximum Gasteiger partial charge on any atom is 0.0755 e. The highest BCUT2D eigenvalue weighted by Crippen LogP contribution is 2.30. The molecule has 1 aromatic rings. The number of hydrogen-bond acceptors (Lipinski definition) is 3. The molecule has 0 radical (unpaired) electrons. The average Bonchev–Trinajstić information content (AvgIpc) is 2.79. The number of rotatable bonds is 4. The zero-order valence-corrected chi connectivity index (χ0v) is 11.9. The molecule has 2 aliphatic heterocycles. The van der Waals surface area contributed by atoms with Crippen molar-refractivity contribution in [2.75, 3.05) is 25.0 Å². The molecule has 0 spiro atoms. The standard InChI is InChI=1S/C16H24N2O/c1-3-16(17-2)12-4-6-13(7-5-12)18-10-14-8-9-15(11-18)19-14/h4-7,14-17H,3,8-11H2,1-2H3. The van der Waals surface area contributed by atoms with Gasteiger partial charge in [0.2, 0.25) is 0 Å². The Morgan fingerprint density at radius 1 is 1.21 bits per heavy atom. The van der Waals surface area contributed by atoms with Crippen molar-refractivity contribution >= 4 is 5.69 Å². The Balaban J connectivity index is 1.72. The lowest BCUT2D eigenvalue weighted by Crippen LogP contribution is -2.42. The normalized spacial score (nSPS) is 27.6. The predicted octanol–water partition coefficient (Wildman–Crippen LogP) is 2.72. The average molecular weight is 260 g/mol. The summed E-state index contributed by atoms with van der Waals surface area (Å²) in [6.45, 7) is 4.33. The molecule has 3 atom stereocenters. The van der Waals surface area contributed by atoms with Crippen molar-refractivity contribution in [2.45, 2.75) is 44.4 Å². The van der Waals surface area contributed by atoms with E-state index in [2.05, 4.69) is 41.4 Å². The molecule has 1 aromatic carbocycles. The molecule has 3 unspecified atom stereocenters. The van der Waals surface area contributed by atoms with Gasteiger partial charge in [0.05, 0.1) is 12.2 Å². The molecule has 3 rings (SSSR count). The van der Waals surface area contributed by atoms with E-state index in [0.29, 0.717) is 18.2 Å². The Morgan fingerprint density at radius 2 is 1.84 bits per heavy atom. The number of benzene rings is 1. The highest BCUT2D eigenvalue weighted by molar-refractivity contribution is 5.49. The first-order valence-corrected chi connectivity index (χ1v) is 7.47. The Morgan fingerprint density at radius 3 is 2.37 bits per heavy atom. The van der Waals surface area contributed by atoms with Crippen molar-refractivity contribution in [1.82, 2.24) is 5.32 Å². The summed E-state index contributed by atoms with van der Waals surface area (Å²) in [7, 11) is 2.03. The molecule has 104 valence electrons. The summed E-state index contributed by atoms with van der Waals surface area (Å²) < 4.78 is 5.89. The van der Waals surface area contributed by atoms with Crippen molar-refractivity contribution in [3.8, 4) is 0 Å². The minimum absolute atomic E-state index is 0.458. The van der Waals surface area contributed by atoms with Crippen LogP contribution in [0.15, 0.2) is 24.3 Å². The highest BCUT2D eigenvalue weighted by Gasteiger charge is 2.33. The number of hydrogen-bond donors (Lipinski definition) is 1. The number of nitrogens with one attached hydrogen (secondary N) is 1. The number of fused-ring (bicyclic) bond motifs is 2. The third-order valence-electron chi connectivity index (χ3n) is 4.46. The molecule has 2 heterocycles. The van der Waals surface area contributed by atoms with Gasteiger partial charge in [-0.2, -0.15) is 0 Å². The van der Waals surface area contributed by atoms with Gasteiger partial charge < -0.3 is 15.0 Å². The Kier molecular flexibility index (Phi) is 3.76. The van der Waals surface area contributed by atoms with E-state index in [-0.39, 0.29) is 0 Å². The second-order valence-electron chi connectivity index (χ2n) is 5.70. The van der Waals surface area contributed by atoms with Crippen LogP contribution < -0.4 is 10.2 Å². The zero-order valence-electron chi connectivity index (χ0n) is 11.9. The van der Waals surface area contributed by atoms with Gasteiger partial charge in [0.15, 0.2) is 0 Å². The number of nitrogens with zero attached hydrogens (tertiary/aromatic N) is 1. The van der Waals surface area contributed by atoms with Gasteiger partial charge >= 0.3 is 0 Å². The van der Waals surface area contributed by atoms with Crippen molar-refractivity contribution in [1.29, 1.82) is 0 Å². The lowest BCUT2D eigenvalue weighted by Gasteiger charge is -2.34. The van der Waals surface area contributed by atoms with Gasteiger partial charge in [-0.25, -0.2) is 0 Å². The van der Waals surface area contributed by atoms with Gasteiger partial charge in [-0.05, 0) is 44.0 Å². The fourth-order valence-corrected chi connectivity index (χ4v) is 3.35. The van der Waals surface area contributed by atoms with E-state index in [9.17, 15) is 0 Å². The highest BCUT2D eigenvalue weighted by atomic mass is 16.5. The van der Waals surface area contributed by atoms with Crippen LogP contribution in [0.25, 0.3) is 0 Å². The van der Waals surface area contributed by atoms with E-state index in [4.69, 9.17) is 4.74 Å². The quantitative estimate of drug-likeness (QED) is 0.901. The van der Waals surface area contributed by atoms with E-state index in [1.807, 2.05) is 7.05 Å². The van der Waals surface area contributed by atoms with Crippen LogP contribution in [0, 0.1) is 0 Å². The molecule has 0 aliphatic carbocycles. The summed E-state index contributed by atoms with van der Waals surface area (Å²) in [5, 5.41) is 3.36. The first kappa shape index (κ1) is 12.9. The van der Waals surface area contributed by atoms with Crippen molar-refractivity contribution in [2.24, 2.45) is 0 Å². The second-order valence-corrected chi connectivity index (χ2v) is 5.70. The molecule has 3 heteroatoms. The van der Waals surface area contributed by atoms with Crippen LogP contribution in [-0.4, -0.2) is 32.3 Å². The van der Waals surface area contributed by atoms with Gasteiger partial charge in [0, 0.05) is 24.8 Å². The summed E-state index contributed by atoms with van der Waals surface area (Å²) in [6, 6.07) is 9.52. The van der Waals surface area contributed by atoms with Crippen molar-refractivity contribution in [3.63, 3.8) is 0 Å². The van der Waals surface area contributed by atoms with E-state index >= 15 is 0 Å². The van der Waals surface area contributed by atoms with Crippen LogP contribution in [-0.2, 0) is 4.74 Å². The van der Waals surface area contributed by atoms with E-state index < -0.39 is 0 Å². The molecule has 2 aliphatic rings. The Labute approximate surface area is 115 Å². The Hall–Kier alpha value is -1.06. The smallest absolute Gasteiger partial charge is 0.0755 e. The molecule has 2 saturated heterocycles. The molecular formula is C16H24N2O. The predicted molar refractivity (Wildman–Crippen MR) is 78.6 cm³/mol. The van der Waals surface area contributed by atoms with Crippen molar-refractivity contribution < 1.29 is 4.74 Å². The molecule has 0 saturated carbocycles. The monoisotopic (exact) mass is 260 g/mol.